The molecule has 23 heavy (non-hydrogen) atoms. The maximum atomic E-state index is 14.1. The summed E-state index contributed by atoms with van der Waals surface area (Å²) in [5.74, 6) is -0.257. The first-order chi connectivity index (χ1) is 10.9. The molecule has 8 heteroatoms. The Morgan fingerprint density at radius 3 is 2.70 bits per heavy atom. The largest absolute Gasteiger partial charge is 0.352 e. The minimum Gasteiger partial charge on any atom is -0.329 e. The van der Waals surface area contributed by atoms with Crippen molar-refractivity contribution in [1.82, 2.24) is 19.1 Å². The van der Waals surface area contributed by atoms with Crippen molar-refractivity contribution in [3.8, 4) is 22.8 Å². The van der Waals surface area contributed by atoms with Crippen molar-refractivity contribution in [2.75, 3.05) is 0 Å². The molecule has 0 aliphatic carbocycles. The van der Waals surface area contributed by atoms with E-state index in [4.69, 9.17) is 0 Å². The smallest absolute Gasteiger partial charge is 0.329 e. The summed E-state index contributed by atoms with van der Waals surface area (Å²) in [6.07, 6.45) is 1.58. The van der Waals surface area contributed by atoms with Gasteiger partial charge in [0.15, 0.2) is 11.5 Å². The Balaban J connectivity index is 2.41. The second kappa shape index (κ2) is 5.69. The second-order valence-corrected chi connectivity index (χ2v) is 5.88. The van der Waals surface area contributed by atoms with E-state index in [0.717, 1.165) is 4.57 Å². The zero-order valence-corrected chi connectivity index (χ0v) is 14.0. The molecule has 0 bridgehead atoms. The number of halogens is 2. The minimum absolute atomic E-state index is 0.0332. The monoisotopic (exact) mass is 378 g/mol. The van der Waals surface area contributed by atoms with Crippen molar-refractivity contribution >= 4 is 15.9 Å². The molecule has 0 aromatic heterocycles. The number of hydrogen-bond acceptors (Lipinski definition) is 4. The highest BCUT2D eigenvalue weighted by Crippen LogP contribution is 2.26. The minimum atomic E-state index is -0.645. The Hall–Kier alpha value is -2.35. The highest BCUT2D eigenvalue weighted by atomic mass is 79.9. The van der Waals surface area contributed by atoms with E-state index in [0.29, 0.717) is 16.7 Å². The average molecular weight is 379 g/mol. The third-order valence-electron chi connectivity index (χ3n) is 3.53. The molecule has 2 aliphatic rings. The molecule has 1 aromatic rings. The Labute approximate surface area is 138 Å². The SMILES string of the molecule is CCn1cc(-c2cc(Br)ccc2F)nc2c(=O)n(C)c(=O)nc1-2. The van der Waals surface area contributed by atoms with Gasteiger partial charge in [0.25, 0.3) is 5.56 Å². The van der Waals surface area contributed by atoms with Crippen molar-refractivity contribution in [2.45, 2.75) is 13.5 Å². The quantitative estimate of drug-likeness (QED) is 0.683. The molecule has 1 aromatic carbocycles. The van der Waals surface area contributed by atoms with Crippen LogP contribution in [0, 0.1) is 5.82 Å². The molecule has 2 aliphatic heterocycles. The molecule has 0 fully saturated rings. The van der Waals surface area contributed by atoms with Gasteiger partial charge in [-0.3, -0.25) is 9.36 Å². The molecular formula is C15H12BrFN4O2. The summed E-state index contributed by atoms with van der Waals surface area (Å²) < 4.78 is 17.3. The molecule has 0 amide bonds. The first-order valence-corrected chi connectivity index (χ1v) is 7.65. The van der Waals surface area contributed by atoms with Crippen LogP contribution in [0.3, 0.4) is 0 Å². The maximum absolute atomic E-state index is 14.1. The highest BCUT2D eigenvalue weighted by molar-refractivity contribution is 9.10. The fourth-order valence-electron chi connectivity index (χ4n) is 2.28. The zero-order chi connectivity index (χ0) is 16.7. The number of fused-ring (bicyclic) bond motifs is 1. The molecule has 6 nitrogen and oxygen atoms in total. The molecule has 0 spiro atoms. The number of aromatic nitrogens is 4. The van der Waals surface area contributed by atoms with Crippen LogP contribution in [0.2, 0.25) is 0 Å². The van der Waals surface area contributed by atoms with Gasteiger partial charge in [-0.25, -0.2) is 14.2 Å². The Bertz CT molecular complexity index is 996. The van der Waals surface area contributed by atoms with E-state index in [9.17, 15) is 14.0 Å². The summed E-state index contributed by atoms with van der Waals surface area (Å²) in [6, 6.07) is 4.49. The molecule has 0 saturated heterocycles. The lowest BCUT2D eigenvalue weighted by molar-refractivity contribution is 0.629. The first kappa shape index (κ1) is 15.5. The fourth-order valence-corrected chi connectivity index (χ4v) is 2.64. The second-order valence-electron chi connectivity index (χ2n) is 4.97. The van der Waals surface area contributed by atoms with Crippen molar-refractivity contribution in [2.24, 2.45) is 7.05 Å². The van der Waals surface area contributed by atoms with E-state index in [1.165, 1.54) is 13.1 Å². The van der Waals surface area contributed by atoms with Crippen molar-refractivity contribution < 1.29 is 4.39 Å². The maximum Gasteiger partial charge on any atom is 0.352 e. The van der Waals surface area contributed by atoms with Crippen LogP contribution in [-0.4, -0.2) is 19.1 Å². The van der Waals surface area contributed by atoms with E-state index in [1.807, 2.05) is 6.92 Å². The van der Waals surface area contributed by atoms with Crippen LogP contribution in [0.25, 0.3) is 22.8 Å². The number of benzene rings is 1. The lowest BCUT2D eigenvalue weighted by Crippen LogP contribution is -2.36. The summed E-state index contributed by atoms with van der Waals surface area (Å²) in [6.45, 7) is 2.30. The van der Waals surface area contributed by atoms with Gasteiger partial charge in [0.1, 0.15) is 5.82 Å². The number of hydrogen-bond donors (Lipinski definition) is 0. The summed E-state index contributed by atoms with van der Waals surface area (Å²) in [7, 11) is 1.33. The number of aryl methyl sites for hydroxylation is 1. The van der Waals surface area contributed by atoms with Crippen molar-refractivity contribution in [3.05, 3.63) is 55.5 Å². The molecule has 3 rings (SSSR count). The van der Waals surface area contributed by atoms with Crippen LogP contribution in [0.4, 0.5) is 4.39 Å². The van der Waals surface area contributed by atoms with Gasteiger partial charge in [-0.15, -0.1) is 0 Å². The van der Waals surface area contributed by atoms with E-state index in [-0.39, 0.29) is 17.1 Å². The van der Waals surface area contributed by atoms with E-state index in [1.54, 1.807) is 22.9 Å². The van der Waals surface area contributed by atoms with Crippen LogP contribution < -0.4 is 11.2 Å². The van der Waals surface area contributed by atoms with Gasteiger partial charge in [0.05, 0.1) is 5.69 Å². The van der Waals surface area contributed by atoms with Gasteiger partial charge in [0.2, 0.25) is 0 Å². The fraction of sp³-hybridized carbons (Fsp3) is 0.200. The van der Waals surface area contributed by atoms with Gasteiger partial charge in [-0.1, -0.05) is 15.9 Å². The first-order valence-electron chi connectivity index (χ1n) is 6.86. The standard InChI is InChI=1S/C15H12BrFN4O2/c1-3-21-7-11(9-6-8(16)4-5-10(9)17)18-12-13(21)19-15(23)20(2)14(12)22/h4-7H,3H2,1-2H3. The average Bonchev–Trinajstić information content (AvgIpc) is 2.54. The Morgan fingerprint density at radius 1 is 1.26 bits per heavy atom. The molecule has 0 saturated carbocycles. The van der Waals surface area contributed by atoms with E-state index in [2.05, 4.69) is 25.9 Å². The van der Waals surface area contributed by atoms with Crippen LogP contribution in [0.15, 0.2) is 38.5 Å². The Kier molecular flexibility index (Phi) is 3.85. The molecule has 0 atom stereocenters. The lowest BCUT2D eigenvalue weighted by Gasteiger charge is -2.15. The predicted octanol–water partition coefficient (Wildman–Crippen LogP) is 2.03. The van der Waals surface area contributed by atoms with Gasteiger partial charge in [0, 0.05) is 29.8 Å². The normalized spacial score (nSPS) is 11.1. The Morgan fingerprint density at radius 2 is 2.00 bits per heavy atom. The van der Waals surface area contributed by atoms with Crippen molar-refractivity contribution in [3.63, 3.8) is 0 Å². The van der Waals surface area contributed by atoms with Crippen LogP contribution >= 0.6 is 15.9 Å². The van der Waals surface area contributed by atoms with Crippen LogP contribution in [0.1, 0.15) is 6.92 Å². The molecule has 118 valence electrons. The molecule has 2 heterocycles. The summed E-state index contributed by atoms with van der Waals surface area (Å²) in [5.41, 5.74) is -0.606. The molecule has 0 unspecified atom stereocenters. The number of nitrogens with zero attached hydrogens (tertiary/aromatic N) is 4. The van der Waals surface area contributed by atoms with Gasteiger partial charge in [-0.2, -0.15) is 4.98 Å². The third kappa shape index (κ3) is 2.59. The van der Waals surface area contributed by atoms with Gasteiger partial charge < -0.3 is 4.57 Å². The van der Waals surface area contributed by atoms with Crippen LogP contribution in [-0.2, 0) is 13.6 Å². The van der Waals surface area contributed by atoms with Gasteiger partial charge in [-0.05, 0) is 25.1 Å². The molecular weight excluding hydrogens is 367 g/mol. The van der Waals surface area contributed by atoms with Crippen LogP contribution in [0.5, 0.6) is 0 Å². The third-order valence-corrected chi connectivity index (χ3v) is 4.03. The van der Waals surface area contributed by atoms with Crippen molar-refractivity contribution in [1.29, 1.82) is 0 Å². The highest BCUT2D eigenvalue weighted by Gasteiger charge is 2.20. The predicted molar refractivity (Wildman–Crippen MR) is 86.9 cm³/mol. The summed E-state index contributed by atoms with van der Waals surface area (Å²) in [5, 5.41) is 0. The topological polar surface area (TPSA) is 69.8 Å². The zero-order valence-electron chi connectivity index (χ0n) is 12.4. The lowest BCUT2D eigenvalue weighted by atomic mass is 10.1. The van der Waals surface area contributed by atoms with Gasteiger partial charge >= 0.3 is 5.69 Å². The molecule has 0 N–H and O–H groups in total. The summed E-state index contributed by atoms with van der Waals surface area (Å²) in [4.78, 5) is 32.1. The number of rotatable bonds is 2. The van der Waals surface area contributed by atoms with E-state index >= 15 is 0 Å². The van der Waals surface area contributed by atoms with E-state index < -0.39 is 17.1 Å². The molecule has 0 radical (unpaired) electrons. The summed E-state index contributed by atoms with van der Waals surface area (Å²) >= 11 is 3.29.